The van der Waals surface area contributed by atoms with E-state index in [4.69, 9.17) is 5.26 Å². The van der Waals surface area contributed by atoms with Gasteiger partial charge in [-0.3, -0.25) is 4.79 Å². The minimum absolute atomic E-state index is 0.135. The predicted octanol–water partition coefficient (Wildman–Crippen LogP) is 2.11. The summed E-state index contributed by atoms with van der Waals surface area (Å²) >= 11 is 0. The number of hydrogen-bond donors (Lipinski definition) is 0. The summed E-state index contributed by atoms with van der Waals surface area (Å²) < 4.78 is 0. The first-order chi connectivity index (χ1) is 7.54. The van der Waals surface area contributed by atoms with E-state index in [9.17, 15) is 4.79 Å². The Labute approximate surface area is 96.3 Å². The van der Waals surface area contributed by atoms with Gasteiger partial charge in [0.25, 0.3) is 0 Å². The van der Waals surface area contributed by atoms with Crippen LogP contribution in [0.25, 0.3) is 0 Å². The lowest BCUT2D eigenvalue weighted by Crippen LogP contribution is -2.30. The maximum absolute atomic E-state index is 11.7. The lowest BCUT2D eigenvalue weighted by molar-refractivity contribution is -0.132. The van der Waals surface area contributed by atoms with Crippen molar-refractivity contribution in [1.82, 2.24) is 4.90 Å². The number of nitriles is 1. The van der Waals surface area contributed by atoms with Crippen molar-refractivity contribution < 1.29 is 4.79 Å². The molecule has 1 aromatic rings. The molecule has 0 saturated heterocycles. The van der Waals surface area contributed by atoms with Gasteiger partial charge in [-0.1, -0.05) is 29.8 Å². The van der Waals surface area contributed by atoms with E-state index in [2.05, 4.69) is 0 Å². The first-order valence-corrected chi connectivity index (χ1v) is 5.24. The molecule has 1 unspecified atom stereocenters. The van der Waals surface area contributed by atoms with Crippen LogP contribution in [0.4, 0.5) is 0 Å². The molecule has 0 saturated carbocycles. The van der Waals surface area contributed by atoms with E-state index in [0.717, 1.165) is 5.56 Å². The molecule has 0 fully saturated rings. The fraction of sp³-hybridized carbons (Fsp3) is 0.385. The van der Waals surface area contributed by atoms with Gasteiger partial charge in [-0.2, -0.15) is 5.26 Å². The topological polar surface area (TPSA) is 44.1 Å². The van der Waals surface area contributed by atoms with E-state index >= 15 is 0 Å². The fourth-order valence-corrected chi connectivity index (χ4v) is 1.55. The van der Waals surface area contributed by atoms with E-state index in [1.807, 2.05) is 37.3 Å². The number of nitrogens with zero attached hydrogens (tertiary/aromatic N) is 2. The molecule has 0 aliphatic rings. The second-order valence-corrected chi connectivity index (χ2v) is 4.03. The summed E-state index contributed by atoms with van der Waals surface area (Å²) in [4.78, 5) is 13.3. The van der Waals surface area contributed by atoms with Gasteiger partial charge in [0.2, 0.25) is 5.91 Å². The Hall–Kier alpha value is -1.82. The zero-order chi connectivity index (χ0) is 12.1. The van der Waals surface area contributed by atoms with Gasteiger partial charge in [0, 0.05) is 13.6 Å². The minimum Gasteiger partial charge on any atom is -0.340 e. The number of hydrogen-bond acceptors (Lipinski definition) is 2. The van der Waals surface area contributed by atoms with Gasteiger partial charge in [-0.05, 0) is 19.4 Å². The molecule has 0 aliphatic heterocycles. The first-order valence-electron chi connectivity index (χ1n) is 5.24. The standard InChI is InChI=1S/C13H16N2O/c1-10-5-4-6-12(7-10)9-15(3)13(16)11(2)8-14/h4-7,11H,9H2,1-3H3. The smallest absolute Gasteiger partial charge is 0.239 e. The van der Waals surface area contributed by atoms with E-state index in [1.165, 1.54) is 5.56 Å². The Morgan fingerprint density at radius 2 is 2.25 bits per heavy atom. The number of carbonyl (C=O) groups excluding carboxylic acids is 1. The van der Waals surface area contributed by atoms with Crippen LogP contribution in [0, 0.1) is 24.2 Å². The molecule has 0 heterocycles. The van der Waals surface area contributed by atoms with Gasteiger partial charge in [0.05, 0.1) is 6.07 Å². The first kappa shape index (κ1) is 12.3. The van der Waals surface area contributed by atoms with Crippen molar-refractivity contribution in [3.63, 3.8) is 0 Å². The van der Waals surface area contributed by atoms with Crippen LogP contribution < -0.4 is 0 Å². The predicted molar refractivity (Wildman–Crippen MR) is 62.4 cm³/mol. The Morgan fingerprint density at radius 3 is 2.81 bits per heavy atom. The lowest BCUT2D eigenvalue weighted by Gasteiger charge is -2.18. The van der Waals surface area contributed by atoms with Crippen molar-refractivity contribution in [3.05, 3.63) is 35.4 Å². The number of carbonyl (C=O) groups is 1. The van der Waals surface area contributed by atoms with Crippen LogP contribution >= 0.6 is 0 Å². The molecule has 0 spiro atoms. The summed E-state index contributed by atoms with van der Waals surface area (Å²) in [7, 11) is 1.72. The van der Waals surface area contributed by atoms with Crippen molar-refractivity contribution in [2.24, 2.45) is 5.92 Å². The highest BCUT2D eigenvalue weighted by Gasteiger charge is 2.16. The van der Waals surface area contributed by atoms with Crippen LogP contribution in [0.3, 0.4) is 0 Å². The molecule has 3 heteroatoms. The molecule has 84 valence electrons. The van der Waals surface area contributed by atoms with Gasteiger partial charge in [0.1, 0.15) is 5.92 Å². The molecule has 0 radical (unpaired) electrons. The van der Waals surface area contributed by atoms with Crippen molar-refractivity contribution in [2.75, 3.05) is 7.05 Å². The largest absolute Gasteiger partial charge is 0.340 e. The van der Waals surface area contributed by atoms with Gasteiger partial charge in [-0.25, -0.2) is 0 Å². The van der Waals surface area contributed by atoms with E-state index in [-0.39, 0.29) is 5.91 Å². The molecule has 1 atom stereocenters. The van der Waals surface area contributed by atoms with Crippen molar-refractivity contribution >= 4 is 5.91 Å². The summed E-state index contributed by atoms with van der Waals surface area (Å²) in [5.74, 6) is -0.709. The summed E-state index contributed by atoms with van der Waals surface area (Å²) in [5.41, 5.74) is 2.26. The van der Waals surface area contributed by atoms with E-state index in [1.54, 1.807) is 18.9 Å². The molecule has 3 nitrogen and oxygen atoms in total. The second-order valence-electron chi connectivity index (χ2n) is 4.03. The number of benzene rings is 1. The van der Waals surface area contributed by atoms with Gasteiger partial charge in [0.15, 0.2) is 0 Å². The third-order valence-electron chi connectivity index (χ3n) is 2.44. The highest BCUT2D eigenvalue weighted by Crippen LogP contribution is 2.08. The maximum Gasteiger partial charge on any atom is 0.239 e. The second kappa shape index (κ2) is 5.32. The Kier molecular flexibility index (Phi) is 4.07. The van der Waals surface area contributed by atoms with Crippen molar-refractivity contribution in [1.29, 1.82) is 5.26 Å². The SMILES string of the molecule is Cc1cccc(CN(C)C(=O)C(C)C#N)c1. The van der Waals surface area contributed by atoms with Crippen LogP contribution in [0.5, 0.6) is 0 Å². The third-order valence-corrected chi connectivity index (χ3v) is 2.44. The molecule has 16 heavy (non-hydrogen) atoms. The molecular weight excluding hydrogens is 200 g/mol. The quantitative estimate of drug-likeness (QED) is 0.776. The van der Waals surface area contributed by atoms with Gasteiger partial charge in [-0.15, -0.1) is 0 Å². The highest BCUT2D eigenvalue weighted by atomic mass is 16.2. The molecule has 0 aliphatic carbocycles. The zero-order valence-corrected chi connectivity index (χ0v) is 9.90. The monoisotopic (exact) mass is 216 g/mol. The van der Waals surface area contributed by atoms with Crippen LogP contribution in [-0.4, -0.2) is 17.9 Å². The van der Waals surface area contributed by atoms with Crippen LogP contribution in [0.1, 0.15) is 18.1 Å². The van der Waals surface area contributed by atoms with E-state index < -0.39 is 5.92 Å². The molecular formula is C13H16N2O. The lowest BCUT2D eigenvalue weighted by atomic mass is 10.1. The summed E-state index contributed by atoms with van der Waals surface area (Å²) in [6, 6.07) is 9.96. The number of amides is 1. The molecule has 0 bridgehead atoms. The summed E-state index contributed by atoms with van der Waals surface area (Å²) in [5, 5.41) is 8.67. The van der Waals surface area contributed by atoms with Crippen LogP contribution in [0.2, 0.25) is 0 Å². The van der Waals surface area contributed by atoms with Crippen molar-refractivity contribution in [3.8, 4) is 6.07 Å². The Morgan fingerprint density at radius 1 is 1.56 bits per heavy atom. The Balaban J connectivity index is 2.68. The molecule has 0 N–H and O–H groups in total. The maximum atomic E-state index is 11.7. The normalized spacial score (nSPS) is 11.6. The third kappa shape index (κ3) is 3.09. The van der Waals surface area contributed by atoms with Crippen LogP contribution in [0.15, 0.2) is 24.3 Å². The minimum atomic E-state index is -0.574. The summed E-state index contributed by atoms with van der Waals surface area (Å²) in [6.45, 7) is 4.19. The average Bonchev–Trinajstić information content (AvgIpc) is 2.27. The van der Waals surface area contributed by atoms with Gasteiger partial charge < -0.3 is 4.90 Å². The Bertz CT molecular complexity index is 420. The molecule has 0 aromatic heterocycles. The number of rotatable bonds is 3. The summed E-state index contributed by atoms with van der Waals surface area (Å²) in [6.07, 6.45) is 0. The number of aryl methyl sites for hydroxylation is 1. The molecule has 1 rings (SSSR count). The average molecular weight is 216 g/mol. The van der Waals surface area contributed by atoms with Crippen molar-refractivity contribution in [2.45, 2.75) is 20.4 Å². The fourth-order valence-electron chi connectivity index (χ4n) is 1.55. The van der Waals surface area contributed by atoms with E-state index in [0.29, 0.717) is 6.54 Å². The highest BCUT2D eigenvalue weighted by molar-refractivity contribution is 5.80. The van der Waals surface area contributed by atoms with Gasteiger partial charge >= 0.3 is 0 Å². The molecule has 1 aromatic carbocycles. The van der Waals surface area contributed by atoms with Crippen LogP contribution in [-0.2, 0) is 11.3 Å². The zero-order valence-electron chi connectivity index (χ0n) is 9.90. The molecule has 1 amide bonds.